The van der Waals surface area contributed by atoms with Crippen LogP contribution in [0.5, 0.6) is 17.5 Å². The third kappa shape index (κ3) is 6.76. The van der Waals surface area contributed by atoms with Gasteiger partial charge in [-0.15, -0.1) is 5.10 Å². The van der Waals surface area contributed by atoms with Crippen molar-refractivity contribution in [2.45, 2.75) is 45.9 Å². The zero-order chi connectivity index (χ0) is 30.7. The Morgan fingerprint density at radius 3 is 2.49 bits per heavy atom. The minimum atomic E-state index is -4.69. The molecule has 14 heteroatoms. The van der Waals surface area contributed by atoms with Gasteiger partial charge < -0.3 is 14.2 Å². The van der Waals surface area contributed by atoms with Gasteiger partial charge in [0.1, 0.15) is 22.5 Å². The van der Waals surface area contributed by atoms with Gasteiger partial charge in [0.05, 0.1) is 17.7 Å². The average molecular weight is 634 g/mol. The number of aromatic nitrogens is 5. The molecule has 3 heterocycles. The number of pyridine rings is 2. The van der Waals surface area contributed by atoms with Gasteiger partial charge in [-0.1, -0.05) is 53.5 Å². The fraction of sp³-hybridized carbons (Fsp3) is 0.241. The van der Waals surface area contributed by atoms with Gasteiger partial charge >= 0.3 is 11.9 Å². The highest BCUT2D eigenvalue weighted by Gasteiger charge is 2.38. The van der Waals surface area contributed by atoms with Crippen molar-refractivity contribution in [3.8, 4) is 23.2 Å². The molecule has 9 nitrogen and oxygen atoms in total. The molecule has 3 aromatic heterocycles. The standard InChI is InChI=1S/C29H24Cl2F3N5O4/c1-3-38-24(16-41-15-18-7-5-4-6-8-18)37-39(28(38)40)20-13-19-11-12-35-27(43-26-21(30)9-10-23(31)36-26)25(19)22(14-20)42-17(2)29(32,33)34/h4-14,17H,3,15-16H2,1-2H3. The second-order valence-electron chi connectivity index (χ2n) is 9.32. The van der Waals surface area contributed by atoms with Crippen LogP contribution in [-0.2, 0) is 24.5 Å². The van der Waals surface area contributed by atoms with Crippen LogP contribution in [0, 0.1) is 0 Å². The molecule has 5 aromatic rings. The molecule has 224 valence electrons. The van der Waals surface area contributed by atoms with E-state index in [0.29, 0.717) is 24.4 Å². The van der Waals surface area contributed by atoms with Crippen molar-refractivity contribution in [3.63, 3.8) is 0 Å². The van der Waals surface area contributed by atoms with Gasteiger partial charge in [-0.3, -0.25) is 4.57 Å². The molecule has 0 spiro atoms. The number of benzene rings is 2. The Labute approximate surface area is 253 Å². The number of fused-ring (bicyclic) bond motifs is 1. The smallest absolute Gasteiger partial charge is 0.425 e. The predicted molar refractivity (Wildman–Crippen MR) is 154 cm³/mol. The predicted octanol–water partition coefficient (Wildman–Crippen LogP) is 7.14. The SMILES string of the molecule is CCn1c(COCc2ccccc2)nn(-c2cc(OC(C)C(F)(F)F)c3c(Oc4nc(Cl)ccc4Cl)nccc3c2)c1=O. The summed E-state index contributed by atoms with van der Waals surface area (Å²) in [6, 6.07) is 16.8. The van der Waals surface area contributed by atoms with Crippen LogP contribution >= 0.6 is 23.2 Å². The van der Waals surface area contributed by atoms with Gasteiger partial charge in [0.15, 0.2) is 11.9 Å². The zero-order valence-electron chi connectivity index (χ0n) is 22.8. The number of rotatable bonds is 10. The first-order valence-electron chi connectivity index (χ1n) is 13.0. The lowest BCUT2D eigenvalue weighted by atomic mass is 10.1. The summed E-state index contributed by atoms with van der Waals surface area (Å²) in [5.74, 6) is -0.147. The normalized spacial score (nSPS) is 12.4. The van der Waals surface area contributed by atoms with E-state index in [-0.39, 0.29) is 45.4 Å². The quantitative estimate of drug-likeness (QED) is 0.151. The van der Waals surface area contributed by atoms with E-state index in [2.05, 4.69) is 15.1 Å². The van der Waals surface area contributed by atoms with Crippen LogP contribution in [0.4, 0.5) is 13.2 Å². The maximum absolute atomic E-state index is 13.6. The van der Waals surface area contributed by atoms with E-state index in [9.17, 15) is 18.0 Å². The van der Waals surface area contributed by atoms with Gasteiger partial charge in [-0.05, 0) is 49.1 Å². The molecular formula is C29H24Cl2F3N5O4. The van der Waals surface area contributed by atoms with E-state index in [1.807, 2.05) is 30.3 Å². The summed E-state index contributed by atoms with van der Waals surface area (Å²) in [5, 5.41) is 5.07. The van der Waals surface area contributed by atoms with Crippen LogP contribution in [0.1, 0.15) is 25.2 Å². The largest absolute Gasteiger partial charge is 0.480 e. The highest BCUT2D eigenvalue weighted by Crippen LogP contribution is 2.39. The Balaban J connectivity index is 1.58. The third-order valence-corrected chi connectivity index (χ3v) is 6.86. The maximum atomic E-state index is 13.6. The maximum Gasteiger partial charge on any atom is 0.425 e. The van der Waals surface area contributed by atoms with Gasteiger partial charge in [0, 0.05) is 18.8 Å². The van der Waals surface area contributed by atoms with Crippen LogP contribution in [0.25, 0.3) is 16.5 Å². The first kappa shape index (κ1) is 30.3. The Hall–Kier alpha value is -4.13. The summed E-state index contributed by atoms with van der Waals surface area (Å²) in [6.07, 6.45) is -5.51. The highest BCUT2D eigenvalue weighted by atomic mass is 35.5. The van der Waals surface area contributed by atoms with Crippen LogP contribution in [0.3, 0.4) is 0 Å². The van der Waals surface area contributed by atoms with E-state index in [1.165, 1.54) is 35.0 Å². The molecule has 0 radical (unpaired) electrons. The summed E-state index contributed by atoms with van der Waals surface area (Å²) in [6.45, 7) is 3.27. The molecule has 43 heavy (non-hydrogen) atoms. The Morgan fingerprint density at radius 2 is 1.77 bits per heavy atom. The van der Waals surface area contributed by atoms with E-state index in [0.717, 1.165) is 17.2 Å². The van der Waals surface area contributed by atoms with E-state index < -0.39 is 18.0 Å². The molecule has 0 saturated carbocycles. The molecule has 1 atom stereocenters. The lowest BCUT2D eigenvalue weighted by Crippen LogP contribution is -2.31. The molecular weight excluding hydrogens is 610 g/mol. The zero-order valence-corrected chi connectivity index (χ0v) is 24.3. The molecule has 2 aromatic carbocycles. The molecule has 0 amide bonds. The lowest BCUT2D eigenvalue weighted by Gasteiger charge is -2.20. The van der Waals surface area contributed by atoms with Crippen molar-refractivity contribution in [2.75, 3.05) is 0 Å². The van der Waals surface area contributed by atoms with Gasteiger partial charge in [-0.25, -0.2) is 9.78 Å². The Bertz CT molecular complexity index is 1810. The summed E-state index contributed by atoms with van der Waals surface area (Å²) in [5.41, 5.74) is 0.605. The first-order valence-corrected chi connectivity index (χ1v) is 13.8. The fourth-order valence-corrected chi connectivity index (χ4v) is 4.49. The molecule has 5 rings (SSSR count). The van der Waals surface area contributed by atoms with Crippen molar-refractivity contribution in [2.24, 2.45) is 0 Å². The molecule has 0 fully saturated rings. The minimum Gasteiger partial charge on any atom is -0.480 e. The van der Waals surface area contributed by atoms with Crippen molar-refractivity contribution in [1.29, 1.82) is 0 Å². The topological polar surface area (TPSA) is 93.3 Å². The van der Waals surface area contributed by atoms with Crippen LogP contribution in [0.15, 0.2) is 71.7 Å². The molecule has 0 bridgehead atoms. The number of hydrogen-bond acceptors (Lipinski definition) is 7. The van der Waals surface area contributed by atoms with E-state index in [1.54, 1.807) is 13.0 Å². The number of halogens is 5. The van der Waals surface area contributed by atoms with E-state index >= 15 is 0 Å². The summed E-state index contributed by atoms with van der Waals surface area (Å²) in [7, 11) is 0. The van der Waals surface area contributed by atoms with Crippen molar-refractivity contribution >= 4 is 34.0 Å². The van der Waals surface area contributed by atoms with E-state index in [4.69, 9.17) is 37.4 Å². The molecule has 0 aliphatic carbocycles. The summed E-state index contributed by atoms with van der Waals surface area (Å²) >= 11 is 12.2. The van der Waals surface area contributed by atoms with Crippen molar-refractivity contribution < 1.29 is 27.4 Å². The molecule has 0 N–H and O–H groups in total. The second-order valence-corrected chi connectivity index (χ2v) is 10.1. The summed E-state index contributed by atoms with van der Waals surface area (Å²) < 4.78 is 60.3. The summed E-state index contributed by atoms with van der Waals surface area (Å²) in [4.78, 5) is 21.6. The third-order valence-electron chi connectivity index (χ3n) is 6.36. The number of alkyl halides is 3. The Kier molecular flexibility index (Phi) is 8.90. The number of hydrogen-bond donors (Lipinski definition) is 0. The minimum absolute atomic E-state index is 0.0301. The fourth-order valence-electron chi connectivity index (χ4n) is 4.21. The van der Waals surface area contributed by atoms with Crippen LogP contribution in [-0.4, -0.2) is 36.6 Å². The second kappa shape index (κ2) is 12.6. The van der Waals surface area contributed by atoms with Crippen LogP contribution in [0.2, 0.25) is 10.2 Å². The Morgan fingerprint density at radius 1 is 1.00 bits per heavy atom. The van der Waals surface area contributed by atoms with Gasteiger partial charge in [-0.2, -0.15) is 22.8 Å². The van der Waals surface area contributed by atoms with Crippen molar-refractivity contribution in [1.82, 2.24) is 24.3 Å². The lowest BCUT2D eigenvalue weighted by molar-refractivity contribution is -0.189. The number of nitrogens with zero attached hydrogens (tertiary/aromatic N) is 5. The molecule has 0 saturated heterocycles. The van der Waals surface area contributed by atoms with Crippen LogP contribution < -0.4 is 15.2 Å². The highest BCUT2D eigenvalue weighted by molar-refractivity contribution is 6.33. The van der Waals surface area contributed by atoms with Gasteiger partial charge in [0.25, 0.3) is 0 Å². The average Bonchev–Trinajstić information content (AvgIpc) is 3.29. The number of ether oxygens (including phenoxy) is 3. The monoisotopic (exact) mass is 633 g/mol. The molecule has 1 unspecified atom stereocenters. The first-order chi connectivity index (χ1) is 20.5. The molecule has 0 aliphatic rings. The van der Waals surface area contributed by atoms with Crippen molar-refractivity contribution in [3.05, 3.63) is 98.9 Å². The molecule has 0 aliphatic heterocycles. The van der Waals surface area contributed by atoms with Gasteiger partial charge in [0.2, 0.25) is 11.8 Å².